The van der Waals surface area contributed by atoms with Gasteiger partial charge in [-0.05, 0) is 68.3 Å². The van der Waals surface area contributed by atoms with Gasteiger partial charge in [0.15, 0.2) is 0 Å². The summed E-state index contributed by atoms with van der Waals surface area (Å²) in [6.45, 7) is 4.21. The Morgan fingerprint density at radius 2 is 1.96 bits per heavy atom. The second-order valence-electron chi connectivity index (χ2n) is 6.18. The van der Waals surface area contributed by atoms with Gasteiger partial charge in [-0.15, -0.1) is 11.3 Å². The molecular formula is C18H18ClN3S. The van der Waals surface area contributed by atoms with Crippen molar-refractivity contribution in [2.24, 2.45) is 0 Å². The molecule has 4 rings (SSSR count). The van der Waals surface area contributed by atoms with Crippen molar-refractivity contribution in [2.45, 2.75) is 39.5 Å². The van der Waals surface area contributed by atoms with E-state index in [0.717, 1.165) is 34.6 Å². The molecule has 3 nitrogen and oxygen atoms in total. The van der Waals surface area contributed by atoms with Crippen LogP contribution in [0.5, 0.6) is 0 Å². The largest absolute Gasteiger partial charge is 0.339 e. The Kier molecular flexibility index (Phi) is 3.74. The van der Waals surface area contributed by atoms with Gasteiger partial charge in [0.2, 0.25) is 5.28 Å². The van der Waals surface area contributed by atoms with Crippen molar-refractivity contribution in [1.29, 1.82) is 0 Å². The first kappa shape index (κ1) is 14.9. The Labute approximate surface area is 144 Å². The summed E-state index contributed by atoms with van der Waals surface area (Å²) in [4.78, 5) is 11.4. The Bertz CT molecular complexity index is 901. The van der Waals surface area contributed by atoms with Crippen molar-refractivity contribution >= 4 is 44.7 Å². The lowest BCUT2D eigenvalue weighted by molar-refractivity contribution is 0.700. The molecule has 1 aliphatic carbocycles. The van der Waals surface area contributed by atoms with Gasteiger partial charge in [-0.3, -0.25) is 0 Å². The second-order valence-corrected chi connectivity index (χ2v) is 7.60. The molecule has 0 spiro atoms. The minimum Gasteiger partial charge on any atom is -0.339 e. The first-order chi connectivity index (χ1) is 11.1. The summed E-state index contributed by atoms with van der Waals surface area (Å²) in [6, 6.07) is 6.38. The molecule has 0 unspecified atom stereocenters. The quantitative estimate of drug-likeness (QED) is 0.617. The number of aryl methyl sites for hydroxylation is 4. The Morgan fingerprint density at radius 3 is 2.78 bits per heavy atom. The predicted octanol–water partition coefficient (Wildman–Crippen LogP) is 5.58. The monoisotopic (exact) mass is 343 g/mol. The second kappa shape index (κ2) is 5.77. The van der Waals surface area contributed by atoms with E-state index in [1.54, 1.807) is 11.3 Å². The maximum Gasteiger partial charge on any atom is 0.225 e. The molecular weight excluding hydrogens is 326 g/mol. The molecule has 3 aromatic rings. The van der Waals surface area contributed by atoms with Crippen LogP contribution in [0, 0.1) is 13.8 Å². The Morgan fingerprint density at radius 1 is 1.13 bits per heavy atom. The van der Waals surface area contributed by atoms with E-state index in [9.17, 15) is 0 Å². The van der Waals surface area contributed by atoms with Gasteiger partial charge >= 0.3 is 0 Å². The van der Waals surface area contributed by atoms with Gasteiger partial charge in [-0.2, -0.15) is 4.98 Å². The fourth-order valence-electron chi connectivity index (χ4n) is 3.30. The summed E-state index contributed by atoms with van der Waals surface area (Å²) in [6.07, 6.45) is 4.77. The van der Waals surface area contributed by atoms with Gasteiger partial charge in [0.25, 0.3) is 0 Å². The van der Waals surface area contributed by atoms with E-state index in [1.165, 1.54) is 34.4 Å². The third-order valence-corrected chi connectivity index (χ3v) is 5.78. The van der Waals surface area contributed by atoms with Crippen LogP contribution < -0.4 is 5.32 Å². The number of halogens is 1. The lowest BCUT2D eigenvalue weighted by atomic mass is 9.97. The smallest absolute Gasteiger partial charge is 0.225 e. The SMILES string of the molecule is Cc1ccc(Nc2nc(Cl)nc3sc4c(c23)CCCC4)c(C)c1. The highest BCUT2D eigenvalue weighted by atomic mass is 35.5. The average Bonchev–Trinajstić information content (AvgIpc) is 2.88. The van der Waals surface area contributed by atoms with Gasteiger partial charge in [0.05, 0.1) is 5.39 Å². The molecule has 23 heavy (non-hydrogen) atoms. The number of hydrogen-bond donors (Lipinski definition) is 1. The van der Waals surface area contributed by atoms with Crippen molar-refractivity contribution in [3.63, 3.8) is 0 Å². The Balaban J connectivity index is 1.87. The van der Waals surface area contributed by atoms with Crippen LogP contribution in [0.1, 0.15) is 34.4 Å². The van der Waals surface area contributed by atoms with Crippen LogP contribution in [0.15, 0.2) is 18.2 Å². The highest BCUT2D eigenvalue weighted by Crippen LogP contribution is 2.40. The minimum absolute atomic E-state index is 0.309. The van der Waals surface area contributed by atoms with Crippen molar-refractivity contribution < 1.29 is 0 Å². The lowest BCUT2D eigenvalue weighted by Gasteiger charge is -2.14. The maximum atomic E-state index is 6.16. The molecule has 0 radical (unpaired) electrons. The molecule has 118 valence electrons. The zero-order chi connectivity index (χ0) is 16.0. The van der Waals surface area contributed by atoms with Crippen LogP contribution in [0.3, 0.4) is 0 Å². The molecule has 1 aromatic carbocycles. The summed E-state index contributed by atoms with van der Waals surface area (Å²) < 4.78 is 0. The highest BCUT2D eigenvalue weighted by molar-refractivity contribution is 7.19. The number of benzene rings is 1. The summed E-state index contributed by atoms with van der Waals surface area (Å²) >= 11 is 7.93. The molecule has 0 aliphatic heterocycles. The zero-order valence-electron chi connectivity index (χ0n) is 13.2. The molecule has 0 saturated carbocycles. The van der Waals surface area contributed by atoms with E-state index in [-0.39, 0.29) is 0 Å². The van der Waals surface area contributed by atoms with Crippen molar-refractivity contribution in [3.8, 4) is 0 Å². The molecule has 1 N–H and O–H groups in total. The number of rotatable bonds is 2. The minimum atomic E-state index is 0.309. The third-order valence-electron chi connectivity index (χ3n) is 4.42. The number of aromatic nitrogens is 2. The summed E-state index contributed by atoms with van der Waals surface area (Å²) in [5, 5.41) is 4.96. The van der Waals surface area contributed by atoms with Crippen LogP contribution in [0.25, 0.3) is 10.2 Å². The van der Waals surface area contributed by atoms with E-state index >= 15 is 0 Å². The lowest BCUT2D eigenvalue weighted by Crippen LogP contribution is -2.02. The molecule has 2 heterocycles. The molecule has 0 amide bonds. The molecule has 0 fully saturated rings. The van der Waals surface area contributed by atoms with Crippen LogP contribution in [-0.2, 0) is 12.8 Å². The summed E-state index contributed by atoms with van der Waals surface area (Å²) in [5.74, 6) is 0.839. The van der Waals surface area contributed by atoms with Gasteiger partial charge in [0.1, 0.15) is 10.6 Å². The van der Waals surface area contributed by atoms with Crippen molar-refractivity contribution in [2.75, 3.05) is 5.32 Å². The van der Waals surface area contributed by atoms with Gasteiger partial charge in [0, 0.05) is 10.6 Å². The molecule has 5 heteroatoms. The predicted molar refractivity (Wildman–Crippen MR) is 98.3 cm³/mol. The van der Waals surface area contributed by atoms with E-state index in [1.807, 2.05) is 0 Å². The van der Waals surface area contributed by atoms with Gasteiger partial charge in [-0.1, -0.05) is 17.7 Å². The number of nitrogens with one attached hydrogen (secondary N) is 1. The standard InChI is InChI=1S/C18H18ClN3S/c1-10-7-8-13(11(2)9-10)20-16-15-12-5-3-4-6-14(12)23-17(15)22-18(19)21-16/h7-9H,3-6H2,1-2H3,(H,20,21,22). The maximum absolute atomic E-state index is 6.16. The van der Waals surface area contributed by atoms with E-state index < -0.39 is 0 Å². The van der Waals surface area contributed by atoms with Crippen LogP contribution >= 0.6 is 22.9 Å². The van der Waals surface area contributed by atoms with Crippen LogP contribution in [0.2, 0.25) is 5.28 Å². The fraction of sp³-hybridized carbons (Fsp3) is 0.333. The van der Waals surface area contributed by atoms with Crippen molar-refractivity contribution in [1.82, 2.24) is 9.97 Å². The van der Waals surface area contributed by atoms with E-state index in [4.69, 9.17) is 11.6 Å². The fourth-order valence-corrected chi connectivity index (χ4v) is 4.78. The topological polar surface area (TPSA) is 37.8 Å². The van der Waals surface area contributed by atoms with Crippen LogP contribution in [-0.4, -0.2) is 9.97 Å². The van der Waals surface area contributed by atoms with E-state index in [2.05, 4.69) is 47.3 Å². The molecule has 2 aromatic heterocycles. The highest BCUT2D eigenvalue weighted by Gasteiger charge is 2.21. The zero-order valence-corrected chi connectivity index (χ0v) is 14.8. The normalized spacial score (nSPS) is 14.0. The van der Waals surface area contributed by atoms with E-state index in [0.29, 0.717) is 5.28 Å². The van der Waals surface area contributed by atoms with Gasteiger partial charge < -0.3 is 5.32 Å². The molecule has 1 aliphatic rings. The number of nitrogens with zero attached hydrogens (tertiary/aromatic N) is 2. The van der Waals surface area contributed by atoms with Crippen molar-refractivity contribution in [3.05, 3.63) is 45.1 Å². The number of hydrogen-bond acceptors (Lipinski definition) is 4. The van der Waals surface area contributed by atoms with Crippen LogP contribution in [0.4, 0.5) is 11.5 Å². The first-order valence-electron chi connectivity index (χ1n) is 7.94. The average molecular weight is 344 g/mol. The third kappa shape index (κ3) is 2.70. The number of fused-ring (bicyclic) bond motifs is 3. The van der Waals surface area contributed by atoms with Gasteiger partial charge in [-0.25, -0.2) is 4.98 Å². The molecule has 0 atom stereocenters. The summed E-state index contributed by atoms with van der Waals surface area (Å²) in [5.41, 5.74) is 4.95. The molecule has 0 saturated heterocycles. The number of thiophene rings is 1. The number of anilines is 2. The summed E-state index contributed by atoms with van der Waals surface area (Å²) in [7, 11) is 0. The first-order valence-corrected chi connectivity index (χ1v) is 9.13. The molecule has 0 bridgehead atoms. The Hall–Kier alpha value is -1.65.